The van der Waals surface area contributed by atoms with Crippen molar-refractivity contribution in [3.63, 3.8) is 0 Å². The smallest absolute Gasteiger partial charge is 0.138 e. The summed E-state index contributed by atoms with van der Waals surface area (Å²) in [6.45, 7) is 1.94. The highest BCUT2D eigenvalue weighted by molar-refractivity contribution is 6.32. The van der Waals surface area contributed by atoms with Crippen molar-refractivity contribution < 1.29 is 4.74 Å². The van der Waals surface area contributed by atoms with Crippen molar-refractivity contribution in [3.8, 4) is 5.75 Å². The van der Waals surface area contributed by atoms with E-state index in [9.17, 15) is 0 Å². The standard InChI is InChI=1S/C12H16ClNO/c1-8(14)9-5-6-12(11(13)7-9)15-10-3-2-4-10/h5-8,10H,2-4,14H2,1H3/t8-/m0/s1. The van der Waals surface area contributed by atoms with Crippen LogP contribution >= 0.6 is 11.6 Å². The Hall–Kier alpha value is -0.730. The maximum Gasteiger partial charge on any atom is 0.138 e. The zero-order valence-corrected chi connectivity index (χ0v) is 9.63. The Morgan fingerprint density at radius 3 is 2.67 bits per heavy atom. The largest absolute Gasteiger partial charge is 0.489 e. The van der Waals surface area contributed by atoms with Gasteiger partial charge >= 0.3 is 0 Å². The van der Waals surface area contributed by atoms with E-state index in [4.69, 9.17) is 22.1 Å². The normalized spacial score (nSPS) is 18.3. The first-order valence-corrected chi connectivity index (χ1v) is 5.76. The van der Waals surface area contributed by atoms with Crippen molar-refractivity contribution in [1.29, 1.82) is 0 Å². The minimum Gasteiger partial charge on any atom is -0.489 e. The molecule has 0 heterocycles. The van der Waals surface area contributed by atoms with Crippen LogP contribution in [0.15, 0.2) is 18.2 Å². The van der Waals surface area contributed by atoms with Crippen LogP contribution in [-0.4, -0.2) is 6.10 Å². The van der Waals surface area contributed by atoms with E-state index in [1.807, 2.05) is 25.1 Å². The van der Waals surface area contributed by atoms with Gasteiger partial charge in [-0.2, -0.15) is 0 Å². The van der Waals surface area contributed by atoms with Crippen molar-refractivity contribution in [2.24, 2.45) is 5.73 Å². The summed E-state index contributed by atoms with van der Waals surface area (Å²) in [5.41, 5.74) is 6.81. The first-order chi connectivity index (χ1) is 7.16. The first kappa shape index (κ1) is 10.8. The molecule has 0 saturated heterocycles. The summed E-state index contributed by atoms with van der Waals surface area (Å²) in [6, 6.07) is 5.80. The third-order valence-corrected chi connectivity index (χ3v) is 3.12. The van der Waals surface area contributed by atoms with Crippen molar-refractivity contribution in [1.82, 2.24) is 0 Å². The molecule has 1 aromatic carbocycles. The molecule has 0 radical (unpaired) electrons. The number of rotatable bonds is 3. The molecule has 82 valence electrons. The molecule has 1 saturated carbocycles. The molecule has 15 heavy (non-hydrogen) atoms. The van der Waals surface area contributed by atoms with Crippen molar-refractivity contribution in [2.75, 3.05) is 0 Å². The summed E-state index contributed by atoms with van der Waals surface area (Å²) in [7, 11) is 0. The number of hydrogen-bond donors (Lipinski definition) is 1. The summed E-state index contributed by atoms with van der Waals surface area (Å²) < 4.78 is 5.74. The Morgan fingerprint density at radius 1 is 1.47 bits per heavy atom. The van der Waals surface area contributed by atoms with Gasteiger partial charge in [-0.25, -0.2) is 0 Å². The highest BCUT2D eigenvalue weighted by Crippen LogP contribution is 2.31. The molecule has 0 spiro atoms. The highest BCUT2D eigenvalue weighted by Gasteiger charge is 2.20. The van der Waals surface area contributed by atoms with Crippen molar-refractivity contribution in [2.45, 2.75) is 38.3 Å². The van der Waals surface area contributed by atoms with Gasteiger partial charge in [-0.1, -0.05) is 17.7 Å². The molecule has 1 aliphatic rings. The summed E-state index contributed by atoms with van der Waals surface area (Å²) in [5, 5.41) is 0.664. The number of hydrogen-bond acceptors (Lipinski definition) is 2. The molecule has 1 fully saturated rings. The predicted molar refractivity (Wildman–Crippen MR) is 62.3 cm³/mol. The number of benzene rings is 1. The fraction of sp³-hybridized carbons (Fsp3) is 0.500. The van der Waals surface area contributed by atoms with Crippen molar-refractivity contribution in [3.05, 3.63) is 28.8 Å². The molecule has 0 aromatic heterocycles. The second-order valence-electron chi connectivity index (χ2n) is 4.15. The molecule has 1 atom stereocenters. The predicted octanol–water partition coefficient (Wildman–Crippen LogP) is 3.29. The van der Waals surface area contributed by atoms with Crippen LogP contribution in [0.25, 0.3) is 0 Å². The van der Waals surface area contributed by atoms with Crippen LogP contribution in [0.2, 0.25) is 5.02 Å². The van der Waals surface area contributed by atoms with Crippen LogP contribution in [0.4, 0.5) is 0 Å². The minimum atomic E-state index is 0.0141. The van der Waals surface area contributed by atoms with Gasteiger partial charge < -0.3 is 10.5 Å². The Kier molecular flexibility index (Phi) is 3.17. The first-order valence-electron chi connectivity index (χ1n) is 5.38. The minimum absolute atomic E-state index is 0.0141. The average molecular weight is 226 g/mol. The molecule has 0 aliphatic heterocycles. The molecule has 2 rings (SSSR count). The Bertz CT molecular complexity index is 347. The van der Waals surface area contributed by atoms with Gasteiger partial charge in [0.05, 0.1) is 11.1 Å². The number of ether oxygens (including phenoxy) is 1. The molecule has 0 amide bonds. The van der Waals surface area contributed by atoms with E-state index in [1.165, 1.54) is 6.42 Å². The maximum atomic E-state index is 6.12. The van der Waals surface area contributed by atoms with Crippen molar-refractivity contribution >= 4 is 11.6 Å². The maximum absolute atomic E-state index is 6.12. The second kappa shape index (κ2) is 4.42. The van der Waals surface area contributed by atoms with E-state index in [2.05, 4.69) is 0 Å². The summed E-state index contributed by atoms with van der Waals surface area (Å²) >= 11 is 6.12. The number of halogens is 1. The van der Waals surface area contributed by atoms with Crippen LogP contribution in [-0.2, 0) is 0 Å². The molecule has 0 bridgehead atoms. The van der Waals surface area contributed by atoms with E-state index in [0.29, 0.717) is 11.1 Å². The van der Waals surface area contributed by atoms with E-state index < -0.39 is 0 Å². The molecule has 0 unspecified atom stereocenters. The lowest BCUT2D eigenvalue weighted by Gasteiger charge is -2.27. The molecule has 3 heteroatoms. The molecular formula is C12H16ClNO. The Balaban J connectivity index is 2.11. The monoisotopic (exact) mass is 225 g/mol. The number of nitrogens with two attached hydrogens (primary N) is 1. The highest BCUT2D eigenvalue weighted by atomic mass is 35.5. The van der Waals surface area contributed by atoms with Crippen LogP contribution in [0.3, 0.4) is 0 Å². The molecule has 2 nitrogen and oxygen atoms in total. The van der Waals surface area contributed by atoms with E-state index in [0.717, 1.165) is 24.2 Å². The summed E-state index contributed by atoms with van der Waals surface area (Å²) in [6.07, 6.45) is 3.92. The SMILES string of the molecule is C[C@H](N)c1ccc(OC2CCC2)c(Cl)c1. The Labute approximate surface area is 95.4 Å². The average Bonchev–Trinajstić information content (AvgIpc) is 2.12. The summed E-state index contributed by atoms with van der Waals surface area (Å²) in [4.78, 5) is 0. The lowest BCUT2D eigenvalue weighted by atomic mass is 9.96. The van der Waals surface area contributed by atoms with E-state index in [1.54, 1.807) is 0 Å². The van der Waals surface area contributed by atoms with E-state index in [-0.39, 0.29) is 6.04 Å². The molecule has 1 aliphatic carbocycles. The van der Waals surface area contributed by atoms with Gasteiger partial charge in [0.15, 0.2) is 0 Å². The van der Waals surface area contributed by atoms with Gasteiger partial charge in [-0.15, -0.1) is 0 Å². The third-order valence-electron chi connectivity index (χ3n) is 2.83. The second-order valence-corrected chi connectivity index (χ2v) is 4.56. The fourth-order valence-electron chi connectivity index (χ4n) is 1.56. The van der Waals surface area contributed by atoms with Gasteiger partial charge in [0.25, 0.3) is 0 Å². The van der Waals surface area contributed by atoms with Crippen LogP contribution in [0.5, 0.6) is 5.75 Å². The Morgan fingerprint density at radius 2 is 2.20 bits per heavy atom. The zero-order valence-electron chi connectivity index (χ0n) is 8.87. The van der Waals surface area contributed by atoms with Gasteiger partial charge in [0, 0.05) is 6.04 Å². The van der Waals surface area contributed by atoms with E-state index >= 15 is 0 Å². The summed E-state index contributed by atoms with van der Waals surface area (Å²) in [5.74, 6) is 0.783. The van der Waals surface area contributed by atoms with Gasteiger partial charge in [0.1, 0.15) is 5.75 Å². The van der Waals surface area contributed by atoms with Gasteiger partial charge in [-0.3, -0.25) is 0 Å². The fourth-order valence-corrected chi connectivity index (χ4v) is 1.80. The molecule has 2 N–H and O–H groups in total. The van der Waals surface area contributed by atoms with Crippen LogP contribution < -0.4 is 10.5 Å². The molecule has 1 aromatic rings. The van der Waals surface area contributed by atoms with Crippen LogP contribution in [0, 0.1) is 0 Å². The quantitative estimate of drug-likeness (QED) is 0.857. The third kappa shape index (κ3) is 2.44. The lowest BCUT2D eigenvalue weighted by molar-refractivity contribution is 0.120. The lowest BCUT2D eigenvalue weighted by Crippen LogP contribution is -2.24. The zero-order chi connectivity index (χ0) is 10.8. The molecular weight excluding hydrogens is 210 g/mol. The van der Waals surface area contributed by atoms with Crippen LogP contribution in [0.1, 0.15) is 37.8 Å². The van der Waals surface area contributed by atoms with Gasteiger partial charge in [-0.05, 0) is 43.9 Å². The van der Waals surface area contributed by atoms with Gasteiger partial charge in [0.2, 0.25) is 0 Å². The topological polar surface area (TPSA) is 35.2 Å².